The molecule has 100 valence electrons. The van der Waals surface area contributed by atoms with Crippen molar-refractivity contribution in [1.29, 1.82) is 0 Å². The molecule has 0 bridgehead atoms. The maximum absolute atomic E-state index is 5.65. The SMILES string of the molecule is CC(C)n1c(CN)nnc1SCC#CC(C)(C)C. The molecule has 1 heterocycles. The standard InChI is InChI=1S/C13H22N4S/c1-10(2)17-11(9-14)15-16-12(17)18-8-6-7-13(3,4)5/h10H,8-9,14H2,1-5H3. The van der Waals surface area contributed by atoms with Gasteiger partial charge in [0.25, 0.3) is 0 Å². The van der Waals surface area contributed by atoms with E-state index in [1.807, 2.05) is 0 Å². The number of hydrogen-bond acceptors (Lipinski definition) is 4. The van der Waals surface area contributed by atoms with Gasteiger partial charge in [-0.1, -0.05) is 23.6 Å². The molecule has 0 saturated carbocycles. The van der Waals surface area contributed by atoms with Crippen LogP contribution in [0.15, 0.2) is 5.16 Å². The van der Waals surface area contributed by atoms with Crippen LogP contribution in [0.5, 0.6) is 0 Å². The van der Waals surface area contributed by atoms with Gasteiger partial charge in [-0.05, 0) is 34.6 Å². The zero-order valence-corrected chi connectivity index (χ0v) is 12.6. The van der Waals surface area contributed by atoms with E-state index in [2.05, 4.69) is 61.2 Å². The smallest absolute Gasteiger partial charge is 0.192 e. The lowest BCUT2D eigenvalue weighted by atomic mass is 9.98. The van der Waals surface area contributed by atoms with Gasteiger partial charge in [0.1, 0.15) is 5.82 Å². The van der Waals surface area contributed by atoms with Gasteiger partial charge in [-0.3, -0.25) is 0 Å². The fraction of sp³-hybridized carbons (Fsp3) is 0.692. The molecule has 2 N–H and O–H groups in total. The van der Waals surface area contributed by atoms with Crippen LogP contribution in [-0.4, -0.2) is 20.5 Å². The number of nitrogens with two attached hydrogens (primary N) is 1. The van der Waals surface area contributed by atoms with Crippen molar-refractivity contribution in [3.63, 3.8) is 0 Å². The number of thioether (sulfide) groups is 1. The summed E-state index contributed by atoms with van der Waals surface area (Å²) in [6.07, 6.45) is 0. The summed E-state index contributed by atoms with van der Waals surface area (Å²) in [5.74, 6) is 7.94. The maximum Gasteiger partial charge on any atom is 0.192 e. The fourth-order valence-corrected chi connectivity index (χ4v) is 2.29. The summed E-state index contributed by atoms with van der Waals surface area (Å²) in [7, 11) is 0. The average molecular weight is 266 g/mol. The minimum absolute atomic E-state index is 0.0503. The van der Waals surface area contributed by atoms with Crippen molar-refractivity contribution >= 4 is 11.8 Å². The summed E-state index contributed by atoms with van der Waals surface area (Å²) in [5.41, 5.74) is 5.70. The summed E-state index contributed by atoms with van der Waals surface area (Å²) in [5, 5.41) is 9.17. The highest BCUT2D eigenvalue weighted by atomic mass is 32.2. The van der Waals surface area contributed by atoms with Crippen molar-refractivity contribution in [1.82, 2.24) is 14.8 Å². The van der Waals surface area contributed by atoms with E-state index in [1.165, 1.54) is 0 Å². The highest BCUT2D eigenvalue weighted by Gasteiger charge is 2.13. The average Bonchev–Trinajstić information content (AvgIpc) is 2.66. The Morgan fingerprint density at radius 1 is 1.33 bits per heavy atom. The molecule has 0 aromatic carbocycles. The monoisotopic (exact) mass is 266 g/mol. The number of nitrogens with zero attached hydrogens (tertiary/aromatic N) is 3. The molecule has 0 saturated heterocycles. The first-order valence-corrected chi connectivity index (χ1v) is 7.10. The van der Waals surface area contributed by atoms with Crippen molar-refractivity contribution in [2.45, 2.75) is 52.4 Å². The lowest BCUT2D eigenvalue weighted by Gasteiger charge is -2.12. The molecule has 5 heteroatoms. The van der Waals surface area contributed by atoms with Crippen LogP contribution in [0.1, 0.15) is 46.5 Å². The Morgan fingerprint density at radius 2 is 2.00 bits per heavy atom. The van der Waals surface area contributed by atoms with Crippen molar-refractivity contribution in [3.05, 3.63) is 5.82 Å². The molecule has 1 aromatic rings. The first kappa shape index (κ1) is 15.1. The van der Waals surface area contributed by atoms with E-state index in [9.17, 15) is 0 Å². The maximum atomic E-state index is 5.65. The molecule has 0 aliphatic carbocycles. The molecular formula is C13H22N4S. The van der Waals surface area contributed by atoms with Crippen molar-refractivity contribution in [3.8, 4) is 11.8 Å². The second kappa shape index (κ2) is 6.26. The van der Waals surface area contributed by atoms with E-state index in [1.54, 1.807) is 11.8 Å². The van der Waals surface area contributed by atoms with Crippen LogP contribution in [0.4, 0.5) is 0 Å². The zero-order chi connectivity index (χ0) is 13.8. The second-order valence-corrected chi connectivity index (χ2v) is 6.35. The lowest BCUT2D eigenvalue weighted by molar-refractivity contribution is 0.526. The third-order valence-corrected chi connectivity index (χ3v) is 3.00. The van der Waals surface area contributed by atoms with Gasteiger partial charge in [-0.15, -0.1) is 10.2 Å². The van der Waals surface area contributed by atoms with Crippen molar-refractivity contribution in [2.75, 3.05) is 5.75 Å². The Bertz CT molecular complexity index is 446. The Balaban J connectivity index is 2.73. The van der Waals surface area contributed by atoms with Crippen molar-refractivity contribution in [2.24, 2.45) is 11.1 Å². The molecule has 0 unspecified atom stereocenters. The second-order valence-electron chi connectivity index (χ2n) is 5.41. The van der Waals surface area contributed by atoms with Gasteiger partial charge >= 0.3 is 0 Å². The van der Waals surface area contributed by atoms with Crippen LogP contribution in [0.3, 0.4) is 0 Å². The van der Waals surface area contributed by atoms with Gasteiger partial charge in [0, 0.05) is 11.5 Å². The van der Waals surface area contributed by atoms with Gasteiger partial charge in [0.05, 0.1) is 12.3 Å². The summed E-state index contributed by atoms with van der Waals surface area (Å²) in [4.78, 5) is 0. The normalized spacial score (nSPS) is 11.5. The first-order valence-electron chi connectivity index (χ1n) is 6.12. The molecule has 0 fully saturated rings. The van der Waals surface area contributed by atoms with Gasteiger partial charge in [0.15, 0.2) is 5.16 Å². The molecule has 0 aliphatic heterocycles. The molecule has 1 aromatic heterocycles. The first-order chi connectivity index (χ1) is 8.35. The molecule has 0 spiro atoms. The summed E-state index contributed by atoms with van der Waals surface area (Å²) < 4.78 is 2.07. The van der Waals surface area contributed by atoms with E-state index in [4.69, 9.17) is 5.73 Å². The van der Waals surface area contributed by atoms with Crippen LogP contribution in [0, 0.1) is 17.3 Å². The highest BCUT2D eigenvalue weighted by molar-refractivity contribution is 7.99. The molecule has 4 nitrogen and oxygen atoms in total. The molecule has 0 aliphatic rings. The van der Waals surface area contributed by atoms with Crippen LogP contribution in [0.2, 0.25) is 0 Å². The predicted octanol–water partition coefficient (Wildman–Crippen LogP) is 2.46. The van der Waals surface area contributed by atoms with E-state index in [0.29, 0.717) is 12.6 Å². The Kier molecular flexibility index (Phi) is 5.24. The van der Waals surface area contributed by atoms with E-state index < -0.39 is 0 Å². The molecule has 0 radical (unpaired) electrons. The van der Waals surface area contributed by atoms with Crippen LogP contribution < -0.4 is 5.73 Å². The van der Waals surface area contributed by atoms with Crippen LogP contribution in [-0.2, 0) is 6.54 Å². The quantitative estimate of drug-likeness (QED) is 0.672. The van der Waals surface area contributed by atoms with E-state index >= 15 is 0 Å². The Hall–Kier alpha value is -0.990. The largest absolute Gasteiger partial charge is 0.324 e. The number of aromatic nitrogens is 3. The van der Waals surface area contributed by atoms with Crippen LogP contribution >= 0.6 is 11.8 Å². The molecule has 1 rings (SSSR count). The summed E-state index contributed by atoms with van der Waals surface area (Å²) in [6, 6.07) is 0.316. The Morgan fingerprint density at radius 3 is 2.50 bits per heavy atom. The third-order valence-electron chi connectivity index (χ3n) is 2.17. The van der Waals surface area contributed by atoms with E-state index in [0.717, 1.165) is 16.7 Å². The highest BCUT2D eigenvalue weighted by Crippen LogP contribution is 2.21. The number of rotatable bonds is 4. The van der Waals surface area contributed by atoms with Gasteiger partial charge in [-0.25, -0.2) is 0 Å². The van der Waals surface area contributed by atoms with Gasteiger partial charge in [0.2, 0.25) is 0 Å². The summed E-state index contributed by atoms with van der Waals surface area (Å²) >= 11 is 1.61. The van der Waals surface area contributed by atoms with Gasteiger partial charge < -0.3 is 10.3 Å². The molecule has 0 amide bonds. The molecule has 18 heavy (non-hydrogen) atoms. The third kappa shape index (κ3) is 4.35. The topological polar surface area (TPSA) is 56.7 Å². The van der Waals surface area contributed by atoms with Crippen molar-refractivity contribution < 1.29 is 0 Å². The minimum atomic E-state index is 0.0503. The Labute approximate surface area is 114 Å². The van der Waals surface area contributed by atoms with Crippen LogP contribution in [0.25, 0.3) is 0 Å². The minimum Gasteiger partial charge on any atom is -0.324 e. The van der Waals surface area contributed by atoms with E-state index in [-0.39, 0.29) is 5.41 Å². The molecule has 0 atom stereocenters. The lowest BCUT2D eigenvalue weighted by Crippen LogP contribution is -2.11. The number of hydrogen-bond donors (Lipinski definition) is 1. The fourth-order valence-electron chi connectivity index (χ4n) is 1.47. The summed E-state index contributed by atoms with van der Waals surface area (Å²) in [6.45, 7) is 10.9. The predicted molar refractivity (Wildman–Crippen MR) is 76.3 cm³/mol. The zero-order valence-electron chi connectivity index (χ0n) is 11.8. The molecular weight excluding hydrogens is 244 g/mol. The van der Waals surface area contributed by atoms with Gasteiger partial charge in [-0.2, -0.15) is 0 Å².